The summed E-state index contributed by atoms with van der Waals surface area (Å²) in [7, 11) is 0. The van der Waals surface area contributed by atoms with Crippen LogP contribution in [0.4, 0.5) is 17.1 Å². The van der Waals surface area contributed by atoms with Crippen LogP contribution in [0.3, 0.4) is 0 Å². The van der Waals surface area contributed by atoms with Gasteiger partial charge >= 0.3 is 0 Å². The molecule has 0 saturated heterocycles. The lowest BCUT2D eigenvalue weighted by molar-refractivity contribution is 0.660. The van der Waals surface area contributed by atoms with Crippen molar-refractivity contribution in [3.05, 3.63) is 230 Å². The van der Waals surface area contributed by atoms with Gasteiger partial charge in [-0.2, -0.15) is 0 Å². The van der Waals surface area contributed by atoms with E-state index < -0.39 is 0 Å². The fourth-order valence-electron chi connectivity index (χ4n) is 10.2. The van der Waals surface area contributed by atoms with Gasteiger partial charge in [-0.3, -0.25) is 0 Å². The van der Waals surface area contributed by atoms with Crippen molar-refractivity contribution in [3.8, 4) is 39.1 Å². The van der Waals surface area contributed by atoms with Crippen molar-refractivity contribution < 1.29 is 0 Å². The molecule has 1 heterocycles. The second kappa shape index (κ2) is 13.7. The molecule has 0 spiro atoms. The van der Waals surface area contributed by atoms with E-state index in [1.54, 1.807) is 0 Å². The van der Waals surface area contributed by atoms with Gasteiger partial charge in [-0.25, -0.2) is 0 Å². The van der Waals surface area contributed by atoms with E-state index in [1.807, 2.05) is 0 Å². The second-order valence-electron chi connectivity index (χ2n) is 16.9. The van der Waals surface area contributed by atoms with Gasteiger partial charge in [0.1, 0.15) is 0 Å². The number of benzene rings is 10. The molecule has 0 bridgehead atoms. The first-order valence-corrected chi connectivity index (χ1v) is 21.3. The van der Waals surface area contributed by atoms with Gasteiger partial charge in [-0.05, 0) is 109 Å². The molecule has 2 heteroatoms. The molecule has 1 aliphatic rings. The standard InChI is InChI=1S/C59H42N2/c1-59(2)53-27-14-13-25-50(53)51-35-33-46(38-54(51)59)60(45-31-28-40(29-32-45)39-16-5-3-6-17-39)56-37-42-19-10-12-24-49(42)58-57(56)52-34-30-43(36-55(52)61(58)44-21-7-4-8-22-44)48-26-15-20-41-18-9-11-23-47(41)48/h3-38H,1-2H3. The van der Waals surface area contributed by atoms with Crippen LogP contribution >= 0.6 is 0 Å². The maximum atomic E-state index is 2.51. The summed E-state index contributed by atoms with van der Waals surface area (Å²) >= 11 is 0. The molecule has 0 fully saturated rings. The smallest absolute Gasteiger partial charge is 0.0640 e. The Morgan fingerprint density at radius 1 is 0.393 bits per heavy atom. The molecular formula is C59H42N2. The first kappa shape index (κ1) is 35.3. The van der Waals surface area contributed by atoms with Gasteiger partial charge in [0.05, 0.1) is 16.7 Å². The number of para-hydroxylation sites is 1. The van der Waals surface area contributed by atoms with Crippen LogP contribution in [0.2, 0.25) is 0 Å². The summed E-state index contributed by atoms with van der Waals surface area (Å²) in [6.07, 6.45) is 0. The summed E-state index contributed by atoms with van der Waals surface area (Å²) in [5, 5.41) is 7.34. The molecule has 11 aromatic rings. The lowest BCUT2D eigenvalue weighted by atomic mass is 9.82. The molecule has 0 unspecified atom stereocenters. The summed E-state index contributed by atoms with van der Waals surface area (Å²) in [5.41, 5.74) is 16.9. The largest absolute Gasteiger partial charge is 0.310 e. The average Bonchev–Trinajstić information content (AvgIpc) is 3.78. The van der Waals surface area contributed by atoms with E-state index >= 15 is 0 Å². The highest BCUT2D eigenvalue weighted by Crippen LogP contribution is 2.52. The third-order valence-electron chi connectivity index (χ3n) is 13.1. The van der Waals surface area contributed by atoms with Gasteiger partial charge in [0.25, 0.3) is 0 Å². The van der Waals surface area contributed by atoms with E-state index in [0.29, 0.717) is 0 Å². The molecule has 0 atom stereocenters. The molecule has 1 aromatic heterocycles. The van der Waals surface area contributed by atoms with Crippen LogP contribution in [0, 0.1) is 0 Å². The van der Waals surface area contributed by atoms with Crippen molar-refractivity contribution in [1.82, 2.24) is 4.57 Å². The van der Waals surface area contributed by atoms with E-state index in [4.69, 9.17) is 0 Å². The second-order valence-corrected chi connectivity index (χ2v) is 16.9. The summed E-state index contributed by atoms with van der Waals surface area (Å²) in [5.74, 6) is 0. The highest BCUT2D eigenvalue weighted by Gasteiger charge is 2.36. The Morgan fingerprint density at radius 2 is 1.00 bits per heavy atom. The van der Waals surface area contributed by atoms with Crippen LogP contribution in [-0.4, -0.2) is 4.57 Å². The van der Waals surface area contributed by atoms with Crippen molar-refractivity contribution >= 4 is 60.4 Å². The monoisotopic (exact) mass is 778 g/mol. The lowest BCUT2D eigenvalue weighted by Gasteiger charge is -2.29. The number of nitrogens with zero attached hydrogens (tertiary/aromatic N) is 2. The minimum absolute atomic E-state index is 0.148. The molecule has 2 nitrogen and oxygen atoms in total. The minimum atomic E-state index is -0.148. The van der Waals surface area contributed by atoms with Gasteiger partial charge in [0, 0.05) is 38.6 Å². The minimum Gasteiger partial charge on any atom is -0.310 e. The van der Waals surface area contributed by atoms with Crippen LogP contribution in [0.15, 0.2) is 218 Å². The predicted molar refractivity (Wildman–Crippen MR) is 259 cm³/mol. The SMILES string of the molecule is CC1(C)c2ccccc2-c2ccc(N(c3ccc(-c4ccccc4)cc3)c3cc4ccccc4c4c3c3ccc(-c5cccc6ccccc56)cc3n4-c3ccccc3)cc21. The van der Waals surface area contributed by atoms with Crippen molar-refractivity contribution in [2.75, 3.05) is 4.90 Å². The van der Waals surface area contributed by atoms with Crippen molar-refractivity contribution in [2.24, 2.45) is 0 Å². The van der Waals surface area contributed by atoms with Crippen LogP contribution in [0.25, 0.3) is 82.4 Å². The number of fused-ring (bicyclic) bond motifs is 9. The van der Waals surface area contributed by atoms with Crippen LogP contribution < -0.4 is 4.90 Å². The Hall–Kier alpha value is -7.68. The molecule has 1 aliphatic carbocycles. The molecule has 0 radical (unpaired) electrons. The molecule has 0 saturated carbocycles. The number of aromatic nitrogens is 1. The van der Waals surface area contributed by atoms with Gasteiger partial charge in [-0.15, -0.1) is 0 Å². The van der Waals surface area contributed by atoms with Crippen LogP contribution in [0.1, 0.15) is 25.0 Å². The van der Waals surface area contributed by atoms with E-state index in [-0.39, 0.29) is 5.41 Å². The molecule has 0 amide bonds. The van der Waals surface area contributed by atoms with Gasteiger partial charge < -0.3 is 9.47 Å². The van der Waals surface area contributed by atoms with Crippen molar-refractivity contribution in [3.63, 3.8) is 0 Å². The molecule has 288 valence electrons. The third kappa shape index (κ3) is 5.49. The van der Waals surface area contributed by atoms with Crippen LogP contribution in [0.5, 0.6) is 0 Å². The fourth-order valence-corrected chi connectivity index (χ4v) is 10.2. The van der Waals surface area contributed by atoms with Gasteiger partial charge in [0.15, 0.2) is 0 Å². The summed E-state index contributed by atoms with van der Waals surface area (Å²) in [4.78, 5) is 2.51. The summed E-state index contributed by atoms with van der Waals surface area (Å²) in [6.45, 7) is 4.74. The van der Waals surface area contributed by atoms with Gasteiger partial charge in [-0.1, -0.05) is 184 Å². The molecule has 61 heavy (non-hydrogen) atoms. The van der Waals surface area contributed by atoms with E-state index in [1.165, 1.54) is 87.9 Å². The highest BCUT2D eigenvalue weighted by atomic mass is 15.1. The number of rotatable bonds is 6. The van der Waals surface area contributed by atoms with Crippen molar-refractivity contribution in [2.45, 2.75) is 19.3 Å². The fraction of sp³-hybridized carbons (Fsp3) is 0.0508. The maximum Gasteiger partial charge on any atom is 0.0640 e. The van der Waals surface area contributed by atoms with E-state index in [2.05, 4.69) is 242 Å². The Balaban J connectivity index is 1.18. The van der Waals surface area contributed by atoms with Crippen molar-refractivity contribution in [1.29, 1.82) is 0 Å². The number of hydrogen-bond donors (Lipinski definition) is 0. The zero-order valence-corrected chi connectivity index (χ0v) is 34.2. The predicted octanol–water partition coefficient (Wildman–Crippen LogP) is 16.2. The summed E-state index contributed by atoms with van der Waals surface area (Å²) < 4.78 is 2.50. The van der Waals surface area contributed by atoms with E-state index in [9.17, 15) is 0 Å². The lowest BCUT2D eigenvalue weighted by Crippen LogP contribution is -2.16. The Bertz CT molecular complexity index is 3480. The molecule has 12 rings (SSSR count). The highest BCUT2D eigenvalue weighted by molar-refractivity contribution is 6.25. The Morgan fingerprint density at radius 3 is 1.82 bits per heavy atom. The molecule has 10 aromatic carbocycles. The zero-order valence-electron chi connectivity index (χ0n) is 34.2. The summed E-state index contributed by atoms with van der Waals surface area (Å²) in [6, 6.07) is 80.5. The Kier molecular flexibility index (Phi) is 7.92. The average molecular weight is 779 g/mol. The molecule has 0 aliphatic heterocycles. The van der Waals surface area contributed by atoms with E-state index in [0.717, 1.165) is 22.7 Å². The molecule has 0 N–H and O–H groups in total. The third-order valence-corrected chi connectivity index (χ3v) is 13.1. The molecular weight excluding hydrogens is 737 g/mol. The quantitative estimate of drug-likeness (QED) is 0.163. The number of hydrogen-bond acceptors (Lipinski definition) is 1. The normalized spacial score (nSPS) is 12.9. The first-order valence-electron chi connectivity index (χ1n) is 21.3. The first-order chi connectivity index (χ1) is 30.0. The maximum absolute atomic E-state index is 2.51. The number of anilines is 3. The Labute approximate surface area is 356 Å². The topological polar surface area (TPSA) is 8.17 Å². The van der Waals surface area contributed by atoms with Crippen LogP contribution in [-0.2, 0) is 5.41 Å². The van der Waals surface area contributed by atoms with Gasteiger partial charge in [0.2, 0.25) is 0 Å². The zero-order chi connectivity index (χ0) is 40.7.